The Labute approximate surface area is 154 Å². The van der Waals surface area contributed by atoms with Gasteiger partial charge in [0.05, 0.1) is 11.7 Å². The van der Waals surface area contributed by atoms with Gasteiger partial charge in [0.2, 0.25) is 21.9 Å². The van der Waals surface area contributed by atoms with E-state index < -0.39 is 15.4 Å². The first-order valence-corrected chi connectivity index (χ1v) is 10.9. The van der Waals surface area contributed by atoms with Crippen LogP contribution in [0.15, 0.2) is 18.5 Å². The Morgan fingerprint density at radius 1 is 1.04 bits per heavy atom. The summed E-state index contributed by atoms with van der Waals surface area (Å²) in [5, 5.41) is 0. The van der Waals surface area contributed by atoms with Crippen molar-refractivity contribution < 1.29 is 13.2 Å². The molecule has 3 aliphatic rings. The lowest BCUT2D eigenvalue weighted by Gasteiger charge is -2.46. The van der Waals surface area contributed by atoms with E-state index in [9.17, 15) is 13.2 Å². The number of amides is 1. The van der Waals surface area contributed by atoms with E-state index in [1.165, 1.54) is 10.6 Å². The minimum Gasteiger partial charge on any atom is -0.345 e. The van der Waals surface area contributed by atoms with Crippen LogP contribution >= 0.6 is 0 Å². The first kappa shape index (κ1) is 17.7. The molecule has 9 heteroatoms. The number of rotatable bonds is 2. The van der Waals surface area contributed by atoms with Crippen molar-refractivity contribution >= 4 is 21.9 Å². The van der Waals surface area contributed by atoms with Crippen molar-refractivity contribution in [3.8, 4) is 0 Å². The maximum absolute atomic E-state index is 13.2. The number of carbonyl (C=O) groups is 1. The van der Waals surface area contributed by atoms with Crippen LogP contribution in [0.25, 0.3) is 0 Å². The molecule has 3 fully saturated rings. The Bertz CT molecular complexity index is 807. The zero-order valence-corrected chi connectivity index (χ0v) is 16.1. The molecule has 1 aromatic heterocycles. The normalized spacial score (nSPS) is 29.2. The van der Waals surface area contributed by atoms with Gasteiger partial charge in [0.1, 0.15) is 0 Å². The molecule has 1 atom stereocenters. The van der Waals surface area contributed by atoms with Crippen LogP contribution in [0.3, 0.4) is 0 Å². The summed E-state index contributed by atoms with van der Waals surface area (Å²) in [6, 6.07) is 1.78. The zero-order valence-electron chi connectivity index (χ0n) is 15.3. The number of sulfonamides is 1. The molecule has 0 saturated carbocycles. The van der Waals surface area contributed by atoms with Crippen molar-refractivity contribution in [3.05, 3.63) is 18.5 Å². The van der Waals surface area contributed by atoms with Crippen LogP contribution in [-0.4, -0.2) is 79.5 Å². The highest BCUT2D eigenvalue weighted by Crippen LogP contribution is 2.58. The number of hydrogen-bond donors (Lipinski definition) is 0. The van der Waals surface area contributed by atoms with Gasteiger partial charge in [0.15, 0.2) is 0 Å². The average Bonchev–Trinajstić information content (AvgIpc) is 3.09. The van der Waals surface area contributed by atoms with Crippen LogP contribution in [0.4, 0.5) is 5.95 Å². The molecule has 3 aliphatic heterocycles. The number of anilines is 1. The highest BCUT2D eigenvalue weighted by Gasteiger charge is 2.65. The fourth-order valence-corrected chi connectivity index (χ4v) is 5.96. The number of likely N-dealkylation sites (tertiary alicyclic amines) is 1. The second kappa shape index (κ2) is 5.88. The van der Waals surface area contributed by atoms with Gasteiger partial charge in [-0.15, -0.1) is 0 Å². The van der Waals surface area contributed by atoms with E-state index in [0.29, 0.717) is 45.0 Å². The number of carbonyl (C=O) groups excluding carboxylic acids is 1. The SMILES string of the molecule is CN1CC[C@@]2(CN(c3ncccn3)CC23CCN(S(C)(=O)=O)CC3)C1=O. The number of piperidine rings is 1. The molecule has 0 N–H and O–H groups in total. The molecular formula is C17H25N5O3S. The summed E-state index contributed by atoms with van der Waals surface area (Å²) in [7, 11) is -1.34. The van der Waals surface area contributed by atoms with Crippen LogP contribution in [0.5, 0.6) is 0 Å². The molecule has 2 spiro atoms. The summed E-state index contributed by atoms with van der Waals surface area (Å²) in [4.78, 5) is 25.9. The monoisotopic (exact) mass is 379 g/mol. The molecule has 1 amide bonds. The topological polar surface area (TPSA) is 86.7 Å². The fourth-order valence-electron chi connectivity index (χ4n) is 5.12. The van der Waals surface area contributed by atoms with Crippen LogP contribution in [-0.2, 0) is 14.8 Å². The number of hydrogen-bond acceptors (Lipinski definition) is 6. The number of fused-ring (bicyclic) bond motifs is 1. The second-order valence-corrected chi connectivity index (χ2v) is 9.89. The van der Waals surface area contributed by atoms with Crippen molar-refractivity contribution in [1.82, 2.24) is 19.2 Å². The minimum atomic E-state index is -3.20. The molecule has 4 heterocycles. The van der Waals surface area contributed by atoms with E-state index in [0.717, 1.165) is 13.0 Å². The van der Waals surface area contributed by atoms with E-state index in [4.69, 9.17) is 0 Å². The third-order valence-electron chi connectivity index (χ3n) is 6.58. The molecule has 8 nitrogen and oxygen atoms in total. The Balaban J connectivity index is 1.69. The van der Waals surface area contributed by atoms with Crippen molar-refractivity contribution in [1.29, 1.82) is 0 Å². The summed E-state index contributed by atoms with van der Waals surface area (Å²) in [5.41, 5.74) is -0.695. The maximum atomic E-state index is 13.2. The molecule has 26 heavy (non-hydrogen) atoms. The summed E-state index contributed by atoms with van der Waals surface area (Å²) < 4.78 is 25.4. The van der Waals surface area contributed by atoms with Gasteiger partial charge in [-0.1, -0.05) is 0 Å². The predicted octanol–water partition coefficient (Wildman–Crippen LogP) is 0.187. The first-order valence-electron chi connectivity index (χ1n) is 9.00. The number of nitrogens with zero attached hydrogens (tertiary/aromatic N) is 5. The van der Waals surface area contributed by atoms with Gasteiger partial charge in [-0.2, -0.15) is 0 Å². The number of aromatic nitrogens is 2. The zero-order chi connectivity index (χ0) is 18.6. The van der Waals surface area contributed by atoms with Crippen molar-refractivity contribution in [3.63, 3.8) is 0 Å². The molecule has 0 aromatic carbocycles. The van der Waals surface area contributed by atoms with Gasteiger partial charge < -0.3 is 9.80 Å². The summed E-state index contributed by atoms with van der Waals surface area (Å²) in [6.07, 6.45) is 6.90. The van der Waals surface area contributed by atoms with E-state index in [2.05, 4.69) is 14.9 Å². The van der Waals surface area contributed by atoms with Gasteiger partial charge in [-0.3, -0.25) is 4.79 Å². The molecular weight excluding hydrogens is 354 g/mol. The van der Waals surface area contributed by atoms with Crippen molar-refractivity contribution in [2.75, 3.05) is 50.9 Å². The van der Waals surface area contributed by atoms with Crippen LogP contribution in [0.1, 0.15) is 19.3 Å². The molecule has 142 valence electrons. The molecule has 0 radical (unpaired) electrons. The summed E-state index contributed by atoms with van der Waals surface area (Å²) >= 11 is 0. The summed E-state index contributed by atoms with van der Waals surface area (Å²) in [6.45, 7) is 3.01. The van der Waals surface area contributed by atoms with Gasteiger partial charge in [0, 0.05) is 57.6 Å². The van der Waals surface area contributed by atoms with Crippen LogP contribution in [0.2, 0.25) is 0 Å². The molecule has 0 aliphatic carbocycles. The standard InChI is InChI=1S/C17H25N5O3S/c1-20-9-6-17(14(20)23)13-21(15-18-7-3-8-19-15)12-16(17)4-10-22(11-5-16)26(2,24)25/h3,7-8H,4-6,9-13H2,1-2H3/t17-/m1/s1. The first-order chi connectivity index (χ1) is 12.3. The van der Waals surface area contributed by atoms with Gasteiger partial charge >= 0.3 is 0 Å². The average molecular weight is 379 g/mol. The minimum absolute atomic E-state index is 0.184. The van der Waals surface area contributed by atoms with E-state index in [-0.39, 0.29) is 11.3 Å². The lowest BCUT2D eigenvalue weighted by Crippen LogP contribution is -2.53. The van der Waals surface area contributed by atoms with Crippen molar-refractivity contribution in [2.45, 2.75) is 19.3 Å². The highest BCUT2D eigenvalue weighted by atomic mass is 32.2. The Morgan fingerprint density at radius 3 is 2.23 bits per heavy atom. The quantitative estimate of drug-likeness (QED) is 0.729. The molecule has 0 unspecified atom stereocenters. The third kappa shape index (κ3) is 2.51. The molecule has 4 rings (SSSR count). The van der Waals surface area contributed by atoms with E-state index in [1.807, 2.05) is 11.9 Å². The van der Waals surface area contributed by atoms with Gasteiger partial charge in [-0.25, -0.2) is 22.7 Å². The summed E-state index contributed by atoms with van der Waals surface area (Å²) in [5.74, 6) is 0.834. The predicted molar refractivity (Wildman–Crippen MR) is 97.0 cm³/mol. The second-order valence-electron chi connectivity index (χ2n) is 7.91. The Morgan fingerprint density at radius 2 is 1.69 bits per heavy atom. The van der Waals surface area contributed by atoms with Gasteiger partial charge in [0.25, 0.3) is 0 Å². The fraction of sp³-hybridized carbons (Fsp3) is 0.706. The molecule has 0 bridgehead atoms. The van der Waals surface area contributed by atoms with Crippen LogP contribution in [0, 0.1) is 10.8 Å². The molecule has 1 aromatic rings. The maximum Gasteiger partial charge on any atom is 0.231 e. The highest BCUT2D eigenvalue weighted by molar-refractivity contribution is 7.88. The Kier molecular flexibility index (Phi) is 4.00. The lowest BCUT2D eigenvalue weighted by molar-refractivity contribution is -0.140. The smallest absolute Gasteiger partial charge is 0.231 e. The van der Waals surface area contributed by atoms with Crippen LogP contribution < -0.4 is 4.90 Å². The van der Waals surface area contributed by atoms with E-state index >= 15 is 0 Å². The molecule has 3 saturated heterocycles. The van der Waals surface area contributed by atoms with E-state index in [1.54, 1.807) is 18.5 Å². The largest absolute Gasteiger partial charge is 0.345 e. The van der Waals surface area contributed by atoms with Gasteiger partial charge in [-0.05, 0) is 25.3 Å². The Hall–Kier alpha value is -1.74. The van der Waals surface area contributed by atoms with Crippen molar-refractivity contribution in [2.24, 2.45) is 10.8 Å². The third-order valence-corrected chi connectivity index (χ3v) is 7.89. The lowest BCUT2D eigenvalue weighted by atomic mass is 9.60.